The topological polar surface area (TPSA) is 35.5 Å². The van der Waals surface area contributed by atoms with Gasteiger partial charge in [-0.3, -0.25) is 4.79 Å². The molecule has 0 atom stereocenters. The number of carbonyl (C=O) groups excluding carboxylic acids is 1. The van der Waals surface area contributed by atoms with E-state index in [1.165, 1.54) is 0 Å². The highest BCUT2D eigenvalue weighted by atomic mass is 16.5. The summed E-state index contributed by atoms with van der Waals surface area (Å²) < 4.78 is 9.99. The Balaban J connectivity index is 3.08. The summed E-state index contributed by atoms with van der Waals surface area (Å²) >= 11 is 0. The molecule has 0 saturated carbocycles. The molecular formula is C9H18O3. The first kappa shape index (κ1) is 11.4. The lowest BCUT2D eigenvalue weighted by Crippen LogP contribution is -2.09. The van der Waals surface area contributed by atoms with Crippen LogP contribution in [0.3, 0.4) is 0 Å². The van der Waals surface area contributed by atoms with E-state index in [0.717, 1.165) is 19.4 Å². The standard InChI is InChI=1S/C9H18O3/c1-3-6-11-8-5-9(10)12-7-4-2/h3-8H2,1-2H3. The lowest BCUT2D eigenvalue weighted by Gasteiger charge is -2.03. The van der Waals surface area contributed by atoms with Crippen LogP contribution in [0.4, 0.5) is 0 Å². The maximum atomic E-state index is 10.9. The van der Waals surface area contributed by atoms with Crippen LogP contribution in [0.2, 0.25) is 0 Å². The van der Waals surface area contributed by atoms with E-state index in [0.29, 0.717) is 19.6 Å². The Morgan fingerprint density at radius 1 is 1.08 bits per heavy atom. The summed E-state index contributed by atoms with van der Waals surface area (Å²) in [6.07, 6.45) is 2.24. The van der Waals surface area contributed by atoms with Gasteiger partial charge < -0.3 is 9.47 Å². The van der Waals surface area contributed by atoms with E-state index < -0.39 is 0 Å². The maximum Gasteiger partial charge on any atom is 0.308 e. The average Bonchev–Trinajstić information content (AvgIpc) is 2.09. The molecule has 72 valence electrons. The summed E-state index contributed by atoms with van der Waals surface area (Å²) in [7, 11) is 0. The lowest BCUT2D eigenvalue weighted by atomic mass is 10.4. The highest BCUT2D eigenvalue weighted by Crippen LogP contribution is 1.90. The van der Waals surface area contributed by atoms with Crippen molar-refractivity contribution in [2.45, 2.75) is 33.1 Å². The monoisotopic (exact) mass is 174 g/mol. The molecule has 0 aliphatic rings. The molecule has 0 rings (SSSR count). The van der Waals surface area contributed by atoms with Gasteiger partial charge in [0.05, 0.1) is 19.6 Å². The zero-order valence-corrected chi connectivity index (χ0v) is 7.97. The Morgan fingerprint density at radius 3 is 2.33 bits per heavy atom. The van der Waals surface area contributed by atoms with Crippen LogP contribution >= 0.6 is 0 Å². The van der Waals surface area contributed by atoms with Crippen LogP contribution in [0.1, 0.15) is 33.1 Å². The number of esters is 1. The van der Waals surface area contributed by atoms with Crippen molar-refractivity contribution in [3.63, 3.8) is 0 Å². The zero-order chi connectivity index (χ0) is 9.23. The van der Waals surface area contributed by atoms with E-state index in [-0.39, 0.29) is 5.97 Å². The summed E-state index contributed by atoms with van der Waals surface area (Å²) in [6, 6.07) is 0. The fraction of sp³-hybridized carbons (Fsp3) is 0.889. The molecule has 12 heavy (non-hydrogen) atoms. The molecule has 0 unspecified atom stereocenters. The van der Waals surface area contributed by atoms with Crippen LogP contribution in [0.5, 0.6) is 0 Å². The van der Waals surface area contributed by atoms with E-state index in [2.05, 4.69) is 0 Å². The van der Waals surface area contributed by atoms with Crippen molar-refractivity contribution < 1.29 is 14.3 Å². The van der Waals surface area contributed by atoms with Gasteiger partial charge in [0.15, 0.2) is 0 Å². The molecule has 0 aromatic rings. The fourth-order valence-corrected chi connectivity index (χ4v) is 0.690. The van der Waals surface area contributed by atoms with Crippen LogP contribution in [-0.2, 0) is 14.3 Å². The third kappa shape index (κ3) is 7.54. The molecule has 0 fully saturated rings. The second kappa shape index (κ2) is 8.53. The first-order valence-electron chi connectivity index (χ1n) is 4.54. The van der Waals surface area contributed by atoms with Crippen LogP contribution < -0.4 is 0 Å². The molecule has 3 heteroatoms. The Kier molecular flexibility index (Phi) is 8.12. The molecule has 0 heterocycles. The van der Waals surface area contributed by atoms with Crippen molar-refractivity contribution in [2.24, 2.45) is 0 Å². The van der Waals surface area contributed by atoms with E-state index in [1.807, 2.05) is 13.8 Å². The van der Waals surface area contributed by atoms with Crippen molar-refractivity contribution in [3.05, 3.63) is 0 Å². The molecule has 0 aromatic carbocycles. The first-order valence-corrected chi connectivity index (χ1v) is 4.54. The first-order chi connectivity index (χ1) is 5.81. The highest BCUT2D eigenvalue weighted by molar-refractivity contribution is 5.69. The second-order valence-corrected chi connectivity index (χ2v) is 2.58. The molecule has 0 amide bonds. The SMILES string of the molecule is CCCOCCC(=O)OCCC. The van der Waals surface area contributed by atoms with Gasteiger partial charge >= 0.3 is 5.97 Å². The minimum Gasteiger partial charge on any atom is -0.466 e. The molecule has 3 nitrogen and oxygen atoms in total. The summed E-state index contributed by atoms with van der Waals surface area (Å²) in [5, 5.41) is 0. The number of hydrogen-bond donors (Lipinski definition) is 0. The Morgan fingerprint density at radius 2 is 1.75 bits per heavy atom. The van der Waals surface area contributed by atoms with Crippen LogP contribution in [-0.4, -0.2) is 25.8 Å². The molecule has 0 aromatic heterocycles. The van der Waals surface area contributed by atoms with Gasteiger partial charge in [-0.05, 0) is 12.8 Å². The number of carbonyl (C=O) groups is 1. The van der Waals surface area contributed by atoms with Crippen molar-refractivity contribution >= 4 is 5.97 Å². The smallest absolute Gasteiger partial charge is 0.308 e. The fourth-order valence-electron chi connectivity index (χ4n) is 0.690. The molecule has 0 spiro atoms. The van der Waals surface area contributed by atoms with Gasteiger partial charge in [-0.15, -0.1) is 0 Å². The summed E-state index contributed by atoms with van der Waals surface area (Å²) in [5.41, 5.74) is 0. The van der Waals surface area contributed by atoms with E-state index in [1.54, 1.807) is 0 Å². The molecule has 0 aliphatic heterocycles. The predicted molar refractivity (Wildman–Crippen MR) is 47.0 cm³/mol. The van der Waals surface area contributed by atoms with Gasteiger partial charge in [0.2, 0.25) is 0 Å². The molecule has 0 saturated heterocycles. The summed E-state index contributed by atoms with van der Waals surface area (Å²) in [6.45, 7) is 5.74. The van der Waals surface area contributed by atoms with Crippen molar-refractivity contribution in [1.82, 2.24) is 0 Å². The van der Waals surface area contributed by atoms with Gasteiger partial charge in [-0.2, -0.15) is 0 Å². The van der Waals surface area contributed by atoms with E-state index in [4.69, 9.17) is 9.47 Å². The summed E-state index contributed by atoms with van der Waals surface area (Å²) in [5.74, 6) is -0.159. The van der Waals surface area contributed by atoms with Gasteiger partial charge in [-0.1, -0.05) is 13.8 Å². The maximum absolute atomic E-state index is 10.9. The van der Waals surface area contributed by atoms with Crippen LogP contribution in [0, 0.1) is 0 Å². The molecule has 0 aliphatic carbocycles. The molecular weight excluding hydrogens is 156 g/mol. The largest absolute Gasteiger partial charge is 0.466 e. The minimum atomic E-state index is -0.159. The quantitative estimate of drug-likeness (QED) is 0.436. The van der Waals surface area contributed by atoms with E-state index >= 15 is 0 Å². The Labute approximate surface area is 74.0 Å². The second-order valence-electron chi connectivity index (χ2n) is 2.58. The minimum absolute atomic E-state index is 0.159. The van der Waals surface area contributed by atoms with Gasteiger partial charge in [-0.25, -0.2) is 0 Å². The summed E-state index contributed by atoms with van der Waals surface area (Å²) in [4.78, 5) is 10.9. The van der Waals surface area contributed by atoms with Crippen LogP contribution in [0.25, 0.3) is 0 Å². The Bertz CT molecular complexity index is 112. The number of ether oxygens (including phenoxy) is 2. The molecule has 0 N–H and O–H groups in total. The molecule has 0 radical (unpaired) electrons. The third-order valence-electron chi connectivity index (χ3n) is 1.27. The average molecular weight is 174 g/mol. The lowest BCUT2D eigenvalue weighted by molar-refractivity contribution is -0.144. The third-order valence-corrected chi connectivity index (χ3v) is 1.27. The van der Waals surface area contributed by atoms with Gasteiger partial charge in [0.25, 0.3) is 0 Å². The Hall–Kier alpha value is -0.570. The molecule has 0 bridgehead atoms. The van der Waals surface area contributed by atoms with Crippen LogP contribution in [0.15, 0.2) is 0 Å². The predicted octanol–water partition coefficient (Wildman–Crippen LogP) is 1.76. The van der Waals surface area contributed by atoms with Crippen molar-refractivity contribution in [2.75, 3.05) is 19.8 Å². The zero-order valence-electron chi connectivity index (χ0n) is 7.97. The van der Waals surface area contributed by atoms with Gasteiger partial charge in [0, 0.05) is 6.61 Å². The van der Waals surface area contributed by atoms with Crippen molar-refractivity contribution in [1.29, 1.82) is 0 Å². The normalized spacial score (nSPS) is 9.83. The number of hydrogen-bond acceptors (Lipinski definition) is 3. The number of rotatable bonds is 7. The highest BCUT2D eigenvalue weighted by Gasteiger charge is 2.00. The van der Waals surface area contributed by atoms with E-state index in [9.17, 15) is 4.79 Å². The van der Waals surface area contributed by atoms with Crippen molar-refractivity contribution in [3.8, 4) is 0 Å². The van der Waals surface area contributed by atoms with Gasteiger partial charge in [0.1, 0.15) is 0 Å².